The van der Waals surface area contributed by atoms with E-state index in [9.17, 15) is 18.0 Å². The first-order chi connectivity index (χ1) is 9.90. The highest BCUT2D eigenvalue weighted by molar-refractivity contribution is 5.98. The first-order valence-corrected chi connectivity index (χ1v) is 5.72. The molecule has 2 rings (SSSR count). The molecule has 5 nitrogen and oxygen atoms in total. The van der Waals surface area contributed by atoms with Crippen molar-refractivity contribution in [2.75, 3.05) is 5.32 Å². The van der Waals surface area contributed by atoms with Gasteiger partial charge in [0, 0.05) is 11.8 Å². The average molecular weight is 297 g/mol. The van der Waals surface area contributed by atoms with E-state index in [2.05, 4.69) is 22.1 Å². The molecule has 1 aromatic carbocycles. The number of halogens is 3. The zero-order chi connectivity index (χ0) is 15.5. The number of rotatable bonds is 4. The number of nitrogens with zero attached hydrogens (tertiary/aromatic N) is 1. The van der Waals surface area contributed by atoms with Crippen LogP contribution < -0.4 is 10.1 Å². The third-order valence-corrected chi connectivity index (χ3v) is 2.42. The smallest absolute Gasteiger partial charge is 0.423 e. The zero-order valence-corrected chi connectivity index (χ0v) is 10.6. The van der Waals surface area contributed by atoms with Crippen molar-refractivity contribution in [2.45, 2.75) is 6.18 Å². The van der Waals surface area contributed by atoms with Gasteiger partial charge >= 0.3 is 6.18 Å². The molecule has 0 radical (unpaired) electrons. The summed E-state index contributed by atoms with van der Waals surface area (Å²) in [7, 11) is 0. The van der Waals surface area contributed by atoms with Crippen LogP contribution in [0, 0.1) is 0 Å². The van der Waals surface area contributed by atoms with Crippen molar-refractivity contribution < 1.29 is 22.7 Å². The van der Waals surface area contributed by atoms with Crippen molar-refractivity contribution >= 4 is 11.6 Å². The standard InChI is InChI=1S/C13H10F3N3O2/c1-2-11(20)18-8-4-3-5-9(6-8)21-12-10(7-17-19-12)13(14,15)16/h2-7H,1H2,(H,17,19)(H,18,20). The van der Waals surface area contributed by atoms with Gasteiger partial charge in [-0.1, -0.05) is 12.6 Å². The Morgan fingerprint density at radius 2 is 2.19 bits per heavy atom. The third kappa shape index (κ3) is 3.62. The summed E-state index contributed by atoms with van der Waals surface area (Å²) in [5.41, 5.74) is -0.645. The zero-order valence-electron chi connectivity index (χ0n) is 10.6. The summed E-state index contributed by atoms with van der Waals surface area (Å²) >= 11 is 0. The van der Waals surface area contributed by atoms with Crippen molar-refractivity contribution in [3.63, 3.8) is 0 Å². The second-order valence-electron chi connectivity index (χ2n) is 3.93. The molecule has 1 aromatic heterocycles. The number of anilines is 1. The Hall–Kier alpha value is -2.77. The molecular formula is C13H10F3N3O2. The molecule has 0 unspecified atom stereocenters. The lowest BCUT2D eigenvalue weighted by molar-refractivity contribution is -0.138. The Labute approximate surface area is 117 Å². The second-order valence-corrected chi connectivity index (χ2v) is 3.93. The van der Waals surface area contributed by atoms with Gasteiger partial charge in [0.25, 0.3) is 0 Å². The highest BCUT2D eigenvalue weighted by atomic mass is 19.4. The summed E-state index contributed by atoms with van der Waals surface area (Å²) in [5.74, 6) is -0.842. The molecule has 0 fully saturated rings. The van der Waals surface area contributed by atoms with Gasteiger partial charge in [-0.15, -0.1) is 0 Å². The van der Waals surface area contributed by atoms with Crippen molar-refractivity contribution in [3.05, 3.63) is 48.7 Å². The normalized spacial score (nSPS) is 11.0. The van der Waals surface area contributed by atoms with Crippen LogP contribution in [-0.4, -0.2) is 16.1 Å². The van der Waals surface area contributed by atoms with Crippen molar-refractivity contribution in [1.82, 2.24) is 10.2 Å². The number of amides is 1. The number of benzene rings is 1. The Morgan fingerprint density at radius 1 is 1.43 bits per heavy atom. The van der Waals surface area contributed by atoms with E-state index in [1.807, 2.05) is 0 Å². The number of alkyl halides is 3. The van der Waals surface area contributed by atoms with Gasteiger partial charge in [0.1, 0.15) is 11.3 Å². The monoisotopic (exact) mass is 297 g/mol. The molecular weight excluding hydrogens is 287 g/mol. The van der Waals surface area contributed by atoms with Crippen LogP contribution in [0.3, 0.4) is 0 Å². The molecule has 0 aliphatic carbocycles. The van der Waals surface area contributed by atoms with Crippen LogP contribution in [0.5, 0.6) is 11.6 Å². The number of H-pyrrole nitrogens is 1. The molecule has 0 saturated heterocycles. The number of hydrogen-bond acceptors (Lipinski definition) is 3. The van der Waals surface area contributed by atoms with Gasteiger partial charge in [0.05, 0.1) is 6.20 Å². The van der Waals surface area contributed by atoms with Crippen LogP contribution in [0.4, 0.5) is 18.9 Å². The number of nitrogens with one attached hydrogen (secondary N) is 2. The summed E-state index contributed by atoms with van der Waals surface area (Å²) in [6.45, 7) is 3.30. The maximum Gasteiger partial charge on any atom is 0.423 e. The lowest BCUT2D eigenvalue weighted by Crippen LogP contribution is -2.07. The third-order valence-electron chi connectivity index (χ3n) is 2.42. The van der Waals surface area contributed by atoms with E-state index in [4.69, 9.17) is 4.74 Å². The van der Waals surface area contributed by atoms with Crippen LogP contribution in [0.15, 0.2) is 43.1 Å². The number of hydrogen-bond donors (Lipinski definition) is 2. The Morgan fingerprint density at radius 3 is 2.86 bits per heavy atom. The number of aromatic amines is 1. The van der Waals surface area contributed by atoms with Crippen LogP contribution >= 0.6 is 0 Å². The van der Waals surface area contributed by atoms with Crippen LogP contribution in [0.25, 0.3) is 0 Å². The van der Waals surface area contributed by atoms with Crippen LogP contribution in [0.2, 0.25) is 0 Å². The number of ether oxygens (including phenoxy) is 1. The van der Waals surface area contributed by atoms with E-state index in [1.165, 1.54) is 18.2 Å². The fourth-order valence-corrected chi connectivity index (χ4v) is 1.50. The van der Waals surface area contributed by atoms with Gasteiger partial charge in [0.15, 0.2) is 0 Å². The Bertz CT molecular complexity index is 665. The lowest BCUT2D eigenvalue weighted by atomic mass is 10.3. The lowest BCUT2D eigenvalue weighted by Gasteiger charge is -2.09. The van der Waals surface area contributed by atoms with E-state index < -0.39 is 23.5 Å². The van der Waals surface area contributed by atoms with Gasteiger partial charge in [-0.3, -0.25) is 4.79 Å². The SMILES string of the molecule is C=CC(=O)Nc1cccc(Oc2[nH]ncc2C(F)(F)F)c1. The molecule has 0 aliphatic rings. The molecule has 0 saturated carbocycles. The van der Waals surface area contributed by atoms with Gasteiger partial charge in [-0.25, -0.2) is 5.10 Å². The molecule has 1 amide bonds. The van der Waals surface area contributed by atoms with Gasteiger partial charge < -0.3 is 10.1 Å². The first kappa shape index (κ1) is 14.6. The van der Waals surface area contributed by atoms with E-state index in [0.717, 1.165) is 6.08 Å². The number of carbonyl (C=O) groups excluding carboxylic acids is 1. The minimum Gasteiger partial charge on any atom is -0.439 e. The maximum absolute atomic E-state index is 12.7. The summed E-state index contributed by atoms with van der Waals surface area (Å²) in [5, 5.41) is 7.92. The number of carbonyl (C=O) groups is 1. The van der Waals surface area contributed by atoms with Crippen LogP contribution in [-0.2, 0) is 11.0 Å². The minimum absolute atomic E-state index is 0.117. The average Bonchev–Trinajstić information content (AvgIpc) is 2.87. The molecule has 8 heteroatoms. The summed E-state index contributed by atoms with van der Waals surface area (Å²) in [6, 6.07) is 5.91. The number of aromatic nitrogens is 2. The predicted molar refractivity (Wildman–Crippen MR) is 68.9 cm³/mol. The largest absolute Gasteiger partial charge is 0.439 e. The second kappa shape index (κ2) is 5.70. The summed E-state index contributed by atoms with van der Waals surface area (Å²) in [6.07, 6.45) is -2.86. The molecule has 110 valence electrons. The van der Waals surface area contributed by atoms with Crippen molar-refractivity contribution in [2.24, 2.45) is 0 Å². The van der Waals surface area contributed by atoms with Crippen molar-refractivity contribution in [1.29, 1.82) is 0 Å². The maximum atomic E-state index is 12.7. The fraction of sp³-hybridized carbons (Fsp3) is 0.0769. The topological polar surface area (TPSA) is 67.0 Å². The molecule has 0 aliphatic heterocycles. The van der Waals surface area contributed by atoms with Crippen molar-refractivity contribution in [3.8, 4) is 11.6 Å². The first-order valence-electron chi connectivity index (χ1n) is 5.72. The molecule has 2 aromatic rings. The molecule has 1 heterocycles. The minimum atomic E-state index is -4.57. The molecule has 21 heavy (non-hydrogen) atoms. The van der Waals surface area contributed by atoms with Gasteiger partial charge in [0.2, 0.25) is 11.8 Å². The van der Waals surface area contributed by atoms with E-state index in [-0.39, 0.29) is 5.75 Å². The Balaban J connectivity index is 2.21. The molecule has 0 atom stereocenters. The highest BCUT2D eigenvalue weighted by Crippen LogP contribution is 2.36. The summed E-state index contributed by atoms with van der Waals surface area (Å²) < 4.78 is 43.1. The Kier molecular flexibility index (Phi) is 3.97. The summed E-state index contributed by atoms with van der Waals surface area (Å²) in [4.78, 5) is 11.2. The predicted octanol–water partition coefficient (Wildman–Crippen LogP) is 3.35. The van der Waals surface area contributed by atoms with E-state index in [1.54, 1.807) is 6.07 Å². The van der Waals surface area contributed by atoms with E-state index in [0.29, 0.717) is 11.9 Å². The molecule has 0 spiro atoms. The fourth-order valence-electron chi connectivity index (χ4n) is 1.50. The van der Waals surface area contributed by atoms with Gasteiger partial charge in [-0.2, -0.15) is 18.3 Å². The molecule has 0 bridgehead atoms. The highest BCUT2D eigenvalue weighted by Gasteiger charge is 2.36. The van der Waals surface area contributed by atoms with E-state index >= 15 is 0 Å². The quantitative estimate of drug-likeness (QED) is 0.850. The van der Waals surface area contributed by atoms with Crippen LogP contribution in [0.1, 0.15) is 5.56 Å². The van der Waals surface area contributed by atoms with Gasteiger partial charge in [-0.05, 0) is 18.2 Å². The molecule has 2 N–H and O–H groups in total.